The predicted molar refractivity (Wildman–Crippen MR) is 252 cm³/mol. The zero-order valence-corrected chi connectivity index (χ0v) is 42.9. The Balaban J connectivity index is 2.61. The summed E-state index contributed by atoms with van der Waals surface area (Å²) in [7, 11) is 0. The lowest BCUT2D eigenvalue weighted by atomic mass is 9.97. The van der Waals surface area contributed by atoms with E-state index in [2.05, 4.69) is 10.6 Å². The molecule has 0 radical (unpaired) electrons. The lowest BCUT2D eigenvalue weighted by Gasteiger charge is -2.45. The smallest absolute Gasteiger partial charge is 0.303 e. The van der Waals surface area contributed by atoms with Gasteiger partial charge in [-0.05, 0) is 39.0 Å². The second kappa shape index (κ2) is 36.3. The quantitative estimate of drug-likeness (QED) is 0.0371. The maximum Gasteiger partial charge on any atom is 0.303 e. The van der Waals surface area contributed by atoms with Crippen LogP contribution < -0.4 is 10.6 Å². The van der Waals surface area contributed by atoms with E-state index >= 15 is 0 Å². The number of Topliss-reactive ketones (excluding diaryl/α,β-unsaturated/α-hetero) is 1. The summed E-state index contributed by atoms with van der Waals surface area (Å²) >= 11 is 0. The van der Waals surface area contributed by atoms with Crippen molar-refractivity contribution in [1.82, 2.24) is 10.6 Å². The van der Waals surface area contributed by atoms with Gasteiger partial charge in [-0.3, -0.25) is 43.2 Å². The molecule has 4 unspecified atom stereocenters. The fourth-order valence-electron chi connectivity index (χ4n) is 8.34. The van der Waals surface area contributed by atoms with Gasteiger partial charge < -0.3 is 48.5 Å². The highest BCUT2D eigenvalue weighted by Crippen LogP contribution is 2.32. The van der Waals surface area contributed by atoms with Crippen LogP contribution in [-0.4, -0.2) is 122 Å². The van der Waals surface area contributed by atoms with E-state index in [9.17, 15) is 43.2 Å². The van der Waals surface area contributed by atoms with Crippen molar-refractivity contribution in [3.8, 4) is 0 Å². The van der Waals surface area contributed by atoms with Crippen molar-refractivity contribution in [2.75, 3.05) is 13.2 Å². The molecule has 9 atom stereocenters. The van der Waals surface area contributed by atoms with Crippen molar-refractivity contribution < 1.29 is 81.0 Å². The van der Waals surface area contributed by atoms with Gasteiger partial charge in [0.25, 0.3) is 0 Å². The first-order chi connectivity index (χ1) is 32.7. The third kappa shape index (κ3) is 30.5. The number of ether oxygens (including phenoxy) is 8. The fourth-order valence-corrected chi connectivity index (χ4v) is 8.34. The highest BCUT2D eigenvalue weighted by atomic mass is 16.7. The SMILES string of the molecule is CC(=O)NC(C)C(CCCCCCCCCCCCCCC(=O)CCCCCCCC(O[C@@H]1O[C@H](COC(C)=O)[C@@H](OC(C)=O)[C@H](OC(C)=O)[C@H]1OC(C)=O)C(COC(C)=O)NC(C)=O)OC(C)=O. The number of rotatable bonds is 37. The van der Waals surface area contributed by atoms with Crippen LogP contribution in [0.4, 0.5) is 0 Å². The van der Waals surface area contributed by atoms with E-state index in [1.165, 1.54) is 66.2 Å². The van der Waals surface area contributed by atoms with Crippen LogP contribution >= 0.6 is 0 Å². The van der Waals surface area contributed by atoms with Crippen LogP contribution in [0.2, 0.25) is 0 Å². The largest absolute Gasteiger partial charge is 0.464 e. The zero-order chi connectivity index (χ0) is 51.7. The molecule has 396 valence electrons. The molecule has 19 nitrogen and oxygen atoms in total. The van der Waals surface area contributed by atoms with E-state index in [1.807, 2.05) is 6.92 Å². The average molecular weight is 985 g/mol. The van der Waals surface area contributed by atoms with Gasteiger partial charge in [0.1, 0.15) is 31.2 Å². The molecule has 69 heavy (non-hydrogen) atoms. The van der Waals surface area contributed by atoms with Crippen molar-refractivity contribution in [1.29, 1.82) is 0 Å². The van der Waals surface area contributed by atoms with E-state index in [4.69, 9.17) is 37.9 Å². The van der Waals surface area contributed by atoms with Gasteiger partial charge in [0.15, 0.2) is 24.6 Å². The monoisotopic (exact) mass is 985 g/mol. The molecule has 1 aliphatic heterocycles. The number of esters is 6. The van der Waals surface area contributed by atoms with Crippen LogP contribution in [-0.2, 0) is 81.0 Å². The molecule has 2 N–H and O–H groups in total. The van der Waals surface area contributed by atoms with Crippen molar-refractivity contribution in [2.45, 2.75) is 252 Å². The van der Waals surface area contributed by atoms with Gasteiger partial charge in [-0.1, -0.05) is 89.9 Å². The Kier molecular flexibility index (Phi) is 32.8. The van der Waals surface area contributed by atoms with Gasteiger partial charge in [0, 0.05) is 68.2 Å². The van der Waals surface area contributed by atoms with Crippen molar-refractivity contribution in [3.05, 3.63) is 0 Å². The van der Waals surface area contributed by atoms with Gasteiger partial charge in [-0.25, -0.2) is 0 Å². The Morgan fingerprint density at radius 2 is 0.884 bits per heavy atom. The number of hydrogen-bond donors (Lipinski definition) is 2. The molecule has 2 amide bonds. The third-order valence-electron chi connectivity index (χ3n) is 11.5. The minimum Gasteiger partial charge on any atom is -0.464 e. The van der Waals surface area contributed by atoms with Crippen molar-refractivity contribution in [3.63, 3.8) is 0 Å². The van der Waals surface area contributed by atoms with Gasteiger partial charge in [-0.2, -0.15) is 0 Å². The second-order valence-electron chi connectivity index (χ2n) is 18.1. The van der Waals surface area contributed by atoms with Crippen LogP contribution in [0.15, 0.2) is 0 Å². The zero-order valence-electron chi connectivity index (χ0n) is 42.9. The molecule has 1 rings (SSSR count). The van der Waals surface area contributed by atoms with Gasteiger partial charge in [0.2, 0.25) is 11.8 Å². The Morgan fingerprint density at radius 1 is 0.464 bits per heavy atom. The number of amides is 2. The molecule has 1 heterocycles. The second-order valence-corrected chi connectivity index (χ2v) is 18.1. The van der Waals surface area contributed by atoms with Crippen LogP contribution in [0.5, 0.6) is 0 Å². The number of unbranched alkanes of at least 4 members (excludes halogenated alkanes) is 15. The van der Waals surface area contributed by atoms with Gasteiger partial charge in [-0.15, -0.1) is 0 Å². The first-order valence-corrected chi connectivity index (χ1v) is 25.0. The number of nitrogens with one attached hydrogen (secondary N) is 2. The van der Waals surface area contributed by atoms with Crippen molar-refractivity contribution >= 4 is 53.4 Å². The molecule has 0 aromatic heterocycles. The molecule has 19 heteroatoms. The van der Waals surface area contributed by atoms with Gasteiger partial charge in [0.05, 0.1) is 18.2 Å². The molecule has 1 saturated heterocycles. The maximum atomic E-state index is 12.6. The van der Waals surface area contributed by atoms with Crippen LogP contribution in [0.3, 0.4) is 0 Å². The molecule has 0 aromatic carbocycles. The molecular formula is C50H84N2O17. The summed E-state index contributed by atoms with van der Waals surface area (Å²) in [4.78, 5) is 108. The Labute approximate surface area is 409 Å². The fraction of sp³-hybridized carbons (Fsp3) is 0.820. The minimum absolute atomic E-state index is 0.136. The van der Waals surface area contributed by atoms with Crippen LogP contribution in [0.25, 0.3) is 0 Å². The Hall–Kier alpha value is -4.65. The summed E-state index contributed by atoms with van der Waals surface area (Å²) in [6.45, 7) is 11.0. The first-order valence-electron chi connectivity index (χ1n) is 25.0. The van der Waals surface area contributed by atoms with Crippen molar-refractivity contribution in [2.24, 2.45) is 0 Å². The van der Waals surface area contributed by atoms with Gasteiger partial charge >= 0.3 is 35.8 Å². The summed E-state index contributed by atoms with van der Waals surface area (Å²) in [6, 6.07) is -1.12. The molecule has 0 spiro atoms. The number of ketones is 1. The summed E-state index contributed by atoms with van der Waals surface area (Å²) in [5.74, 6) is -4.31. The third-order valence-corrected chi connectivity index (χ3v) is 11.5. The first kappa shape index (κ1) is 62.4. The van der Waals surface area contributed by atoms with E-state index in [0.29, 0.717) is 25.7 Å². The highest BCUT2D eigenvalue weighted by molar-refractivity contribution is 5.78. The van der Waals surface area contributed by atoms with E-state index in [0.717, 1.165) is 98.3 Å². The molecule has 0 saturated carbocycles. The lowest BCUT2D eigenvalue weighted by Crippen LogP contribution is -2.64. The normalized spacial score (nSPS) is 19.4. The Bertz CT molecular complexity index is 1590. The lowest BCUT2D eigenvalue weighted by molar-refractivity contribution is -0.319. The van der Waals surface area contributed by atoms with E-state index in [1.54, 1.807) is 0 Å². The molecule has 0 bridgehead atoms. The standard InChI is InChI=1S/C50H84N2O17/c1-33(51-34(2)53)44(64-38(6)57)29-25-21-17-15-13-11-10-12-14-16-19-23-27-42(61)28-24-20-18-22-26-30-45(43(52-35(3)54)31-62-36(4)55)68-50-49(67-41(9)60)48(66-40(8)59)47(65-39(7)58)46(69-50)32-63-37(5)56/h33,43-50H,10-32H2,1-9H3,(H,51,53)(H,52,54)/t33?,43?,44?,45?,46-,47-,48+,49-,50-/m1/s1. The topological polar surface area (TPSA) is 252 Å². The summed E-state index contributed by atoms with van der Waals surface area (Å²) < 4.78 is 45.0. The minimum atomic E-state index is -1.51. The predicted octanol–water partition coefficient (Wildman–Crippen LogP) is 6.74. The molecule has 0 aromatic rings. The molecule has 1 aliphatic rings. The average Bonchev–Trinajstić information content (AvgIpc) is 3.24. The molecule has 1 fully saturated rings. The summed E-state index contributed by atoms with van der Waals surface area (Å²) in [5, 5.41) is 5.58. The maximum absolute atomic E-state index is 12.6. The van der Waals surface area contributed by atoms with E-state index < -0.39 is 85.2 Å². The Morgan fingerprint density at radius 3 is 1.32 bits per heavy atom. The van der Waals surface area contributed by atoms with Crippen LogP contribution in [0.1, 0.15) is 197 Å². The number of hydrogen-bond acceptors (Lipinski definition) is 17. The number of carbonyl (C=O) groups excluding carboxylic acids is 9. The summed E-state index contributed by atoms with van der Waals surface area (Å²) in [6.07, 6.45) is 10.9. The molecule has 0 aliphatic carbocycles. The summed E-state index contributed by atoms with van der Waals surface area (Å²) in [5.41, 5.74) is 0. The van der Waals surface area contributed by atoms with E-state index in [-0.39, 0.29) is 36.4 Å². The number of carbonyl (C=O) groups is 9. The molecular weight excluding hydrogens is 901 g/mol. The van der Waals surface area contributed by atoms with Crippen LogP contribution in [0, 0.1) is 0 Å². The highest BCUT2D eigenvalue weighted by Gasteiger charge is 2.53.